The first kappa shape index (κ1) is 14.5. The second kappa shape index (κ2) is 5.78. The van der Waals surface area contributed by atoms with Crippen LogP contribution >= 0.6 is 31.9 Å². The molecule has 0 spiro atoms. The maximum Gasteiger partial charge on any atom is 0.321 e. The standard InChI is InChI=1S/C15H17Br2NO2/c16-12-5-4-9(6-13(12)17)7-18-8-10-2-1-3-11(10)14(18)15(19)20/h4-6,10-11,14H,1-3,7-8H2,(H,19,20). The largest absolute Gasteiger partial charge is 0.480 e. The summed E-state index contributed by atoms with van der Waals surface area (Å²) in [5, 5.41) is 9.55. The molecule has 1 saturated carbocycles. The third kappa shape index (κ3) is 2.68. The van der Waals surface area contributed by atoms with Crippen molar-refractivity contribution in [3.05, 3.63) is 32.7 Å². The van der Waals surface area contributed by atoms with Crippen molar-refractivity contribution in [3.8, 4) is 0 Å². The molecule has 3 atom stereocenters. The number of carboxylic acids is 1. The molecule has 20 heavy (non-hydrogen) atoms. The fourth-order valence-corrected chi connectivity index (χ4v) is 4.44. The molecule has 0 radical (unpaired) electrons. The van der Waals surface area contributed by atoms with Crippen molar-refractivity contribution in [2.24, 2.45) is 11.8 Å². The predicted molar refractivity (Wildman–Crippen MR) is 84.5 cm³/mol. The van der Waals surface area contributed by atoms with Gasteiger partial charge in [0.2, 0.25) is 0 Å². The van der Waals surface area contributed by atoms with Crippen LogP contribution in [0.5, 0.6) is 0 Å². The number of likely N-dealkylation sites (tertiary alicyclic amines) is 1. The maximum atomic E-state index is 11.6. The van der Waals surface area contributed by atoms with Crippen molar-refractivity contribution in [3.63, 3.8) is 0 Å². The van der Waals surface area contributed by atoms with Gasteiger partial charge in [0.1, 0.15) is 6.04 Å². The van der Waals surface area contributed by atoms with Gasteiger partial charge in [-0.15, -0.1) is 0 Å². The van der Waals surface area contributed by atoms with Gasteiger partial charge in [0.15, 0.2) is 0 Å². The molecule has 0 amide bonds. The highest BCUT2D eigenvalue weighted by atomic mass is 79.9. The Labute approximate surface area is 135 Å². The molecule has 1 aromatic carbocycles. The van der Waals surface area contributed by atoms with Gasteiger partial charge in [-0.05, 0) is 74.2 Å². The maximum absolute atomic E-state index is 11.6. The Morgan fingerprint density at radius 1 is 1.30 bits per heavy atom. The van der Waals surface area contributed by atoms with E-state index in [4.69, 9.17) is 0 Å². The summed E-state index contributed by atoms with van der Waals surface area (Å²) in [5.41, 5.74) is 1.16. The van der Waals surface area contributed by atoms with E-state index in [0.29, 0.717) is 11.8 Å². The summed E-state index contributed by atoms with van der Waals surface area (Å²) >= 11 is 6.97. The number of benzene rings is 1. The number of hydrogen-bond acceptors (Lipinski definition) is 2. The molecule has 3 nitrogen and oxygen atoms in total. The minimum absolute atomic E-state index is 0.301. The molecule has 1 aromatic rings. The molecule has 3 unspecified atom stereocenters. The highest BCUT2D eigenvalue weighted by Crippen LogP contribution is 2.42. The van der Waals surface area contributed by atoms with Crippen LogP contribution in [0.1, 0.15) is 24.8 Å². The number of carboxylic acid groups (broad SMARTS) is 1. The van der Waals surface area contributed by atoms with Crippen molar-refractivity contribution >= 4 is 37.8 Å². The summed E-state index contributed by atoms with van der Waals surface area (Å²) in [5.74, 6) is 0.275. The quantitative estimate of drug-likeness (QED) is 0.833. The number of hydrogen-bond donors (Lipinski definition) is 1. The van der Waals surface area contributed by atoms with Gasteiger partial charge in [0, 0.05) is 22.0 Å². The van der Waals surface area contributed by atoms with Crippen LogP contribution in [0, 0.1) is 11.8 Å². The molecule has 2 fully saturated rings. The lowest BCUT2D eigenvalue weighted by molar-refractivity contribution is -0.143. The molecule has 108 valence electrons. The van der Waals surface area contributed by atoms with Crippen molar-refractivity contribution in [2.45, 2.75) is 31.8 Å². The van der Waals surface area contributed by atoms with Gasteiger partial charge in [-0.3, -0.25) is 9.69 Å². The summed E-state index contributed by atoms with van der Waals surface area (Å²) in [4.78, 5) is 13.8. The number of aliphatic carboxylic acids is 1. The molecule has 1 N–H and O–H groups in total. The minimum atomic E-state index is -0.657. The average molecular weight is 403 g/mol. The van der Waals surface area contributed by atoms with Crippen LogP contribution in [0.3, 0.4) is 0 Å². The molecule has 5 heteroatoms. The van der Waals surface area contributed by atoms with Crippen molar-refractivity contribution in [2.75, 3.05) is 6.54 Å². The zero-order valence-electron chi connectivity index (χ0n) is 11.1. The summed E-state index contributed by atoms with van der Waals surface area (Å²) in [7, 11) is 0. The summed E-state index contributed by atoms with van der Waals surface area (Å²) in [6, 6.07) is 5.83. The van der Waals surface area contributed by atoms with E-state index in [2.05, 4.69) is 48.9 Å². The molecule has 1 aliphatic carbocycles. The SMILES string of the molecule is O=C(O)C1C2CCCC2CN1Cc1ccc(Br)c(Br)c1. The Hall–Kier alpha value is -0.390. The zero-order chi connectivity index (χ0) is 14.3. The highest BCUT2D eigenvalue weighted by Gasteiger charge is 2.47. The fraction of sp³-hybridized carbons (Fsp3) is 0.533. The van der Waals surface area contributed by atoms with Crippen LogP contribution in [0.2, 0.25) is 0 Å². The average Bonchev–Trinajstić information content (AvgIpc) is 2.93. The Morgan fingerprint density at radius 2 is 2.10 bits per heavy atom. The Kier molecular flexibility index (Phi) is 4.20. The molecule has 3 rings (SSSR count). The molecule has 1 heterocycles. The van der Waals surface area contributed by atoms with Crippen LogP contribution in [0.4, 0.5) is 0 Å². The fourth-order valence-electron chi connectivity index (χ4n) is 3.77. The minimum Gasteiger partial charge on any atom is -0.480 e. The van der Waals surface area contributed by atoms with E-state index >= 15 is 0 Å². The first-order chi connectivity index (χ1) is 9.56. The Morgan fingerprint density at radius 3 is 2.80 bits per heavy atom. The van der Waals surface area contributed by atoms with Gasteiger partial charge >= 0.3 is 5.97 Å². The van der Waals surface area contributed by atoms with Gasteiger partial charge in [-0.25, -0.2) is 0 Å². The summed E-state index contributed by atoms with van der Waals surface area (Å²) in [6.07, 6.45) is 3.45. The third-order valence-corrected chi connectivity index (χ3v) is 6.49. The number of rotatable bonds is 3. The third-order valence-electron chi connectivity index (χ3n) is 4.61. The number of carbonyl (C=O) groups is 1. The lowest BCUT2D eigenvalue weighted by Crippen LogP contribution is -2.39. The zero-order valence-corrected chi connectivity index (χ0v) is 14.2. The molecule has 2 aliphatic rings. The second-order valence-corrected chi connectivity index (χ2v) is 7.52. The van der Waals surface area contributed by atoms with Crippen LogP contribution in [0.15, 0.2) is 27.1 Å². The van der Waals surface area contributed by atoms with Gasteiger partial charge in [0.25, 0.3) is 0 Å². The number of halogens is 2. The van der Waals surface area contributed by atoms with E-state index in [0.717, 1.165) is 34.0 Å². The second-order valence-electron chi connectivity index (χ2n) is 5.82. The summed E-state index contributed by atoms with van der Waals surface area (Å²) in [6.45, 7) is 1.64. The lowest BCUT2D eigenvalue weighted by atomic mass is 9.94. The van der Waals surface area contributed by atoms with E-state index in [1.165, 1.54) is 12.8 Å². The first-order valence-corrected chi connectivity index (χ1v) is 8.55. The van der Waals surface area contributed by atoms with Crippen LogP contribution < -0.4 is 0 Å². The number of fused-ring (bicyclic) bond motifs is 1. The smallest absolute Gasteiger partial charge is 0.321 e. The van der Waals surface area contributed by atoms with Gasteiger partial charge < -0.3 is 5.11 Å². The summed E-state index contributed by atoms with van der Waals surface area (Å²) < 4.78 is 2.04. The van der Waals surface area contributed by atoms with E-state index < -0.39 is 5.97 Å². The van der Waals surface area contributed by atoms with E-state index in [1.54, 1.807) is 0 Å². The monoisotopic (exact) mass is 401 g/mol. The normalized spacial score (nSPS) is 29.6. The van der Waals surface area contributed by atoms with E-state index in [-0.39, 0.29) is 6.04 Å². The lowest BCUT2D eigenvalue weighted by Gasteiger charge is -2.24. The topological polar surface area (TPSA) is 40.5 Å². The van der Waals surface area contributed by atoms with Crippen LogP contribution in [-0.4, -0.2) is 28.6 Å². The van der Waals surface area contributed by atoms with E-state index in [1.807, 2.05) is 6.07 Å². The van der Waals surface area contributed by atoms with Crippen molar-refractivity contribution in [1.82, 2.24) is 4.90 Å². The molecule has 0 aromatic heterocycles. The molecular formula is C15H17Br2NO2. The Balaban J connectivity index is 1.79. The predicted octanol–water partition coefficient (Wildman–Crippen LogP) is 3.90. The van der Waals surface area contributed by atoms with Crippen molar-refractivity contribution < 1.29 is 9.90 Å². The molecular weight excluding hydrogens is 386 g/mol. The van der Waals surface area contributed by atoms with E-state index in [9.17, 15) is 9.90 Å². The molecule has 1 saturated heterocycles. The van der Waals surface area contributed by atoms with Gasteiger partial charge in [-0.2, -0.15) is 0 Å². The van der Waals surface area contributed by atoms with Crippen LogP contribution in [-0.2, 0) is 11.3 Å². The molecule has 0 bridgehead atoms. The van der Waals surface area contributed by atoms with Crippen LogP contribution in [0.25, 0.3) is 0 Å². The highest BCUT2D eigenvalue weighted by molar-refractivity contribution is 9.13. The number of nitrogens with zero attached hydrogens (tertiary/aromatic N) is 1. The van der Waals surface area contributed by atoms with Gasteiger partial charge in [-0.1, -0.05) is 12.5 Å². The Bertz CT molecular complexity index is 535. The van der Waals surface area contributed by atoms with Crippen molar-refractivity contribution in [1.29, 1.82) is 0 Å². The first-order valence-electron chi connectivity index (χ1n) is 6.97. The van der Waals surface area contributed by atoms with Gasteiger partial charge in [0.05, 0.1) is 0 Å². The molecule has 1 aliphatic heterocycles.